The highest BCUT2D eigenvalue weighted by molar-refractivity contribution is 6.74. The Balaban J connectivity index is 2.37. The highest BCUT2D eigenvalue weighted by atomic mass is 28.4. The third kappa shape index (κ3) is 5.34. The van der Waals surface area contributed by atoms with Crippen molar-refractivity contribution in [2.24, 2.45) is 0 Å². The molecule has 3 heteroatoms. The summed E-state index contributed by atoms with van der Waals surface area (Å²) in [5.74, 6) is 6.69. The van der Waals surface area contributed by atoms with Gasteiger partial charge in [0.15, 0.2) is 0 Å². The minimum absolute atomic E-state index is 0.0660. The minimum atomic E-state index is -2.03. The van der Waals surface area contributed by atoms with Crippen LogP contribution in [-0.4, -0.2) is 8.32 Å². The van der Waals surface area contributed by atoms with Gasteiger partial charge in [-0.2, -0.15) is 0 Å². The molecule has 0 fully saturated rings. The summed E-state index contributed by atoms with van der Waals surface area (Å²) < 4.78 is 19.8. The van der Waals surface area contributed by atoms with E-state index in [4.69, 9.17) is 4.43 Å². The average molecular weight is 367 g/mol. The molecular weight excluding hydrogens is 339 g/mol. The van der Waals surface area contributed by atoms with Gasteiger partial charge >= 0.3 is 0 Å². The van der Waals surface area contributed by atoms with E-state index in [1.807, 2.05) is 24.3 Å². The maximum atomic E-state index is 13.3. The number of aryl methyl sites for hydroxylation is 1. The third-order valence-corrected chi connectivity index (χ3v) is 9.11. The lowest BCUT2D eigenvalue weighted by Crippen LogP contribution is -2.40. The lowest BCUT2D eigenvalue weighted by Gasteiger charge is -2.37. The second kappa shape index (κ2) is 7.93. The van der Waals surface area contributed by atoms with Crippen LogP contribution >= 0.6 is 0 Å². The smallest absolute Gasteiger partial charge is 0.250 e. The molecule has 0 saturated carbocycles. The van der Waals surface area contributed by atoms with Crippen LogP contribution in [0.2, 0.25) is 18.1 Å². The zero-order valence-electron chi connectivity index (χ0n) is 16.5. The van der Waals surface area contributed by atoms with E-state index >= 15 is 0 Å². The van der Waals surface area contributed by atoms with Gasteiger partial charge in [0.2, 0.25) is 0 Å². The predicted molar refractivity (Wildman–Crippen MR) is 111 cm³/mol. The van der Waals surface area contributed by atoms with E-state index in [0.717, 1.165) is 11.1 Å². The average Bonchev–Trinajstić information content (AvgIpc) is 2.55. The van der Waals surface area contributed by atoms with E-state index in [0.29, 0.717) is 5.76 Å². The van der Waals surface area contributed by atoms with Crippen LogP contribution in [0, 0.1) is 24.6 Å². The number of hydrogen-bond donors (Lipinski definition) is 0. The van der Waals surface area contributed by atoms with E-state index < -0.39 is 8.32 Å². The lowest BCUT2D eigenvalue weighted by atomic mass is 10.1. The summed E-state index contributed by atoms with van der Waals surface area (Å²) in [6.45, 7) is 13.0. The number of halogens is 1. The highest BCUT2D eigenvalue weighted by Gasteiger charge is 2.39. The van der Waals surface area contributed by atoms with Gasteiger partial charge in [-0.3, -0.25) is 0 Å². The molecule has 2 aromatic carbocycles. The Morgan fingerprint density at radius 1 is 1.00 bits per heavy atom. The van der Waals surface area contributed by atoms with E-state index in [1.54, 1.807) is 18.2 Å². The molecule has 2 rings (SSSR count). The Kier molecular flexibility index (Phi) is 6.10. The molecule has 0 atom stereocenters. The van der Waals surface area contributed by atoms with Crippen LogP contribution in [0.15, 0.2) is 54.6 Å². The number of rotatable bonds is 3. The van der Waals surface area contributed by atoms with Gasteiger partial charge in [-0.1, -0.05) is 50.3 Å². The molecule has 0 aliphatic carbocycles. The molecule has 2 aromatic rings. The van der Waals surface area contributed by atoms with Crippen molar-refractivity contribution in [2.75, 3.05) is 0 Å². The van der Waals surface area contributed by atoms with Gasteiger partial charge in [0.05, 0.1) is 0 Å². The van der Waals surface area contributed by atoms with Crippen LogP contribution in [0.3, 0.4) is 0 Å². The summed E-state index contributed by atoms with van der Waals surface area (Å²) in [6.07, 6.45) is 1.80. The van der Waals surface area contributed by atoms with Gasteiger partial charge in [0, 0.05) is 17.2 Å². The van der Waals surface area contributed by atoms with Crippen molar-refractivity contribution in [1.82, 2.24) is 0 Å². The maximum Gasteiger partial charge on any atom is 0.250 e. The predicted octanol–water partition coefficient (Wildman–Crippen LogP) is 6.55. The van der Waals surface area contributed by atoms with Crippen LogP contribution in [0.4, 0.5) is 4.39 Å². The monoisotopic (exact) mass is 366 g/mol. The molecule has 0 bridgehead atoms. The molecular formula is C23H27FOSi. The summed E-state index contributed by atoms with van der Waals surface area (Å²) in [7, 11) is -2.03. The fraction of sp³-hybridized carbons (Fsp3) is 0.304. The van der Waals surface area contributed by atoms with Crippen molar-refractivity contribution < 1.29 is 8.82 Å². The second-order valence-corrected chi connectivity index (χ2v) is 12.7. The van der Waals surface area contributed by atoms with Crippen LogP contribution in [0.25, 0.3) is 5.76 Å². The van der Waals surface area contributed by atoms with Gasteiger partial charge in [-0.05, 0) is 61.5 Å². The van der Waals surface area contributed by atoms with E-state index in [2.05, 4.69) is 52.6 Å². The minimum Gasteiger partial charge on any atom is -0.543 e. The molecule has 0 aromatic heterocycles. The first kappa shape index (κ1) is 20.0. The van der Waals surface area contributed by atoms with Crippen molar-refractivity contribution in [3.63, 3.8) is 0 Å². The first-order valence-corrected chi connectivity index (χ1v) is 11.7. The molecule has 136 valence electrons. The Hall–Kier alpha value is -2.31. The summed E-state index contributed by atoms with van der Waals surface area (Å²) in [5.41, 5.74) is 3.01. The molecule has 26 heavy (non-hydrogen) atoms. The SMILES string of the molecule is Cc1ccc(C#C/C=C(\O[Si](C)(C)C(C)(C)C)c2ccc(F)cc2)cc1. The van der Waals surface area contributed by atoms with Gasteiger partial charge in [-0.15, -0.1) is 0 Å². The second-order valence-electron chi connectivity index (χ2n) is 8.01. The molecule has 0 radical (unpaired) electrons. The maximum absolute atomic E-state index is 13.3. The van der Waals surface area contributed by atoms with Crippen LogP contribution in [0.5, 0.6) is 0 Å². The van der Waals surface area contributed by atoms with Crippen molar-refractivity contribution in [3.8, 4) is 11.8 Å². The quantitative estimate of drug-likeness (QED) is 0.340. The fourth-order valence-corrected chi connectivity index (χ4v) is 3.07. The Morgan fingerprint density at radius 3 is 2.12 bits per heavy atom. The Bertz CT molecular complexity index is 829. The standard InChI is InChI=1S/C23H27FOSi/c1-18-10-12-19(13-11-18)8-7-9-22(20-14-16-21(24)17-15-20)25-26(5,6)23(2,3)4/h9-17H,1-6H3/b22-9-. The highest BCUT2D eigenvalue weighted by Crippen LogP contribution is 2.39. The zero-order valence-corrected chi connectivity index (χ0v) is 17.5. The lowest BCUT2D eigenvalue weighted by molar-refractivity contribution is 0.458. The summed E-state index contributed by atoms with van der Waals surface area (Å²) in [6, 6.07) is 14.5. The van der Waals surface area contributed by atoms with Crippen LogP contribution in [0.1, 0.15) is 37.5 Å². The molecule has 0 aliphatic heterocycles. The molecule has 0 heterocycles. The van der Waals surface area contributed by atoms with E-state index in [1.165, 1.54) is 17.7 Å². The van der Waals surface area contributed by atoms with E-state index in [9.17, 15) is 4.39 Å². The molecule has 0 unspecified atom stereocenters. The molecule has 0 saturated heterocycles. The van der Waals surface area contributed by atoms with Gasteiger partial charge in [0.25, 0.3) is 8.32 Å². The van der Waals surface area contributed by atoms with Gasteiger partial charge in [0.1, 0.15) is 11.6 Å². The molecule has 0 aliphatic rings. The van der Waals surface area contributed by atoms with Gasteiger partial charge in [-0.25, -0.2) is 4.39 Å². The largest absolute Gasteiger partial charge is 0.543 e. The Labute approximate surface area is 158 Å². The van der Waals surface area contributed by atoms with Crippen molar-refractivity contribution >= 4 is 14.1 Å². The van der Waals surface area contributed by atoms with Gasteiger partial charge < -0.3 is 4.43 Å². The number of hydrogen-bond acceptors (Lipinski definition) is 1. The summed E-state index contributed by atoms with van der Waals surface area (Å²) in [4.78, 5) is 0. The fourth-order valence-electron chi connectivity index (χ4n) is 2.04. The van der Waals surface area contributed by atoms with Crippen molar-refractivity contribution in [3.05, 3.63) is 77.1 Å². The van der Waals surface area contributed by atoms with Crippen LogP contribution < -0.4 is 0 Å². The zero-order chi connectivity index (χ0) is 19.4. The molecule has 0 N–H and O–H groups in total. The number of allylic oxidation sites excluding steroid dienone is 1. The van der Waals surface area contributed by atoms with Crippen molar-refractivity contribution in [1.29, 1.82) is 0 Å². The third-order valence-electron chi connectivity index (χ3n) is 4.77. The van der Waals surface area contributed by atoms with Crippen molar-refractivity contribution in [2.45, 2.75) is 45.8 Å². The van der Waals surface area contributed by atoms with E-state index in [-0.39, 0.29) is 10.9 Å². The molecule has 1 nitrogen and oxygen atoms in total. The molecule has 0 amide bonds. The number of benzene rings is 2. The normalized spacial score (nSPS) is 12.3. The topological polar surface area (TPSA) is 9.23 Å². The first-order valence-electron chi connectivity index (χ1n) is 8.82. The van der Waals surface area contributed by atoms with Crippen LogP contribution in [-0.2, 0) is 4.43 Å². The Morgan fingerprint density at radius 2 is 1.58 bits per heavy atom. The first-order chi connectivity index (χ1) is 12.1. The summed E-state index contributed by atoms with van der Waals surface area (Å²) in [5, 5.41) is 0.0660. The molecule has 0 spiro atoms. The summed E-state index contributed by atoms with van der Waals surface area (Å²) >= 11 is 0.